The van der Waals surface area contributed by atoms with Crippen molar-refractivity contribution in [3.63, 3.8) is 0 Å². The first-order chi connectivity index (χ1) is 12.0. The predicted octanol–water partition coefficient (Wildman–Crippen LogP) is 4.85. The molecule has 0 bridgehead atoms. The lowest BCUT2D eigenvalue weighted by Crippen LogP contribution is -2.30. The normalized spacial score (nSPS) is 33.2. The Morgan fingerprint density at radius 1 is 1.12 bits per heavy atom. The minimum atomic E-state index is -0.160. The van der Waals surface area contributed by atoms with Crippen molar-refractivity contribution < 1.29 is 19.1 Å². The van der Waals surface area contributed by atoms with Gasteiger partial charge in [0.1, 0.15) is 0 Å². The Balaban J connectivity index is 1.84. The minimum Gasteiger partial charge on any atom is -0.465 e. The van der Waals surface area contributed by atoms with Gasteiger partial charge in [0.2, 0.25) is 0 Å². The number of carbonyl (C=O) groups is 2. The molecule has 2 fully saturated rings. The lowest BCUT2D eigenvalue weighted by Gasteiger charge is -2.37. The Morgan fingerprint density at radius 2 is 1.77 bits per heavy atom. The molecule has 5 atom stereocenters. The smallest absolute Gasteiger partial charge is 0.310 e. The standard InChI is InChI=1S/C22H38O4/c1-13(2)17-9-8-15(5)10-16(17)11-19(23)25-12-18-20(22(18,6)7)21(24)26-14(3)4/h13-18,20H,8-12H2,1-7H3. The van der Waals surface area contributed by atoms with E-state index in [2.05, 4.69) is 34.6 Å². The van der Waals surface area contributed by atoms with Crippen LogP contribution in [0.25, 0.3) is 0 Å². The van der Waals surface area contributed by atoms with Gasteiger partial charge in [0.25, 0.3) is 0 Å². The number of ether oxygens (including phenoxy) is 2. The Kier molecular flexibility index (Phi) is 6.79. The molecule has 0 amide bonds. The first-order valence-corrected chi connectivity index (χ1v) is 10.4. The van der Waals surface area contributed by atoms with Crippen molar-refractivity contribution in [2.45, 2.75) is 80.3 Å². The van der Waals surface area contributed by atoms with Gasteiger partial charge in [0, 0.05) is 12.3 Å². The monoisotopic (exact) mass is 366 g/mol. The van der Waals surface area contributed by atoms with E-state index in [0.717, 1.165) is 6.42 Å². The quantitative estimate of drug-likeness (QED) is 0.604. The zero-order chi connectivity index (χ0) is 19.6. The van der Waals surface area contributed by atoms with Crippen LogP contribution in [0.3, 0.4) is 0 Å². The number of rotatable bonds is 7. The van der Waals surface area contributed by atoms with Gasteiger partial charge in [-0.3, -0.25) is 9.59 Å². The Morgan fingerprint density at radius 3 is 2.35 bits per heavy atom. The molecule has 150 valence electrons. The summed E-state index contributed by atoms with van der Waals surface area (Å²) in [5.41, 5.74) is -0.147. The summed E-state index contributed by atoms with van der Waals surface area (Å²) in [7, 11) is 0. The first-order valence-electron chi connectivity index (χ1n) is 10.4. The lowest BCUT2D eigenvalue weighted by atomic mass is 9.69. The molecule has 0 aromatic carbocycles. The van der Waals surface area contributed by atoms with Crippen LogP contribution in [-0.4, -0.2) is 24.6 Å². The summed E-state index contributed by atoms with van der Waals surface area (Å²) in [6, 6.07) is 0. The van der Waals surface area contributed by atoms with Crippen molar-refractivity contribution in [1.82, 2.24) is 0 Å². The van der Waals surface area contributed by atoms with Crippen LogP contribution in [-0.2, 0) is 19.1 Å². The van der Waals surface area contributed by atoms with Crippen LogP contribution in [0.5, 0.6) is 0 Å². The third-order valence-corrected chi connectivity index (χ3v) is 6.67. The molecule has 0 aliphatic heterocycles. The van der Waals surface area contributed by atoms with Crippen LogP contribution in [0.15, 0.2) is 0 Å². The van der Waals surface area contributed by atoms with E-state index in [4.69, 9.17) is 9.47 Å². The second kappa shape index (κ2) is 8.31. The molecular formula is C22H38O4. The van der Waals surface area contributed by atoms with Gasteiger partial charge in [-0.15, -0.1) is 0 Å². The second-order valence-electron chi connectivity index (χ2n) is 9.86. The maximum atomic E-state index is 12.4. The molecule has 4 nitrogen and oxygen atoms in total. The molecule has 2 saturated carbocycles. The summed E-state index contributed by atoms with van der Waals surface area (Å²) in [5, 5.41) is 0. The van der Waals surface area contributed by atoms with Crippen molar-refractivity contribution in [3.8, 4) is 0 Å². The molecule has 2 aliphatic rings. The average molecular weight is 367 g/mol. The number of carbonyl (C=O) groups excluding carboxylic acids is 2. The third kappa shape index (κ3) is 5.01. The first kappa shape index (κ1) is 21.2. The second-order valence-corrected chi connectivity index (χ2v) is 9.86. The zero-order valence-corrected chi connectivity index (χ0v) is 17.7. The van der Waals surface area contributed by atoms with Crippen molar-refractivity contribution in [2.75, 3.05) is 6.61 Å². The molecule has 26 heavy (non-hydrogen) atoms. The molecule has 4 heteroatoms. The van der Waals surface area contributed by atoms with Crippen molar-refractivity contribution >= 4 is 11.9 Å². The van der Waals surface area contributed by atoms with Crippen LogP contribution >= 0.6 is 0 Å². The molecule has 2 rings (SSSR count). The Labute approximate surface area is 159 Å². The van der Waals surface area contributed by atoms with E-state index in [-0.39, 0.29) is 35.3 Å². The molecule has 0 saturated heterocycles. The number of hydrogen-bond acceptors (Lipinski definition) is 4. The maximum Gasteiger partial charge on any atom is 0.310 e. The van der Waals surface area contributed by atoms with Gasteiger partial charge in [0.15, 0.2) is 0 Å². The summed E-state index contributed by atoms with van der Waals surface area (Å²) in [6.07, 6.45) is 4.01. The van der Waals surface area contributed by atoms with Gasteiger partial charge >= 0.3 is 11.9 Å². The fourth-order valence-corrected chi connectivity index (χ4v) is 4.92. The van der Waals surface area contributed by atoms with Crippen LogP contribution in [0.2, 0.25) is 0 Å². The topological polar surface area (TPSA) is 52.6 Å². The molecule has 5 unspecified atom stereocenters. The summed E-state index contributed by atoms with van der Waals surface area (Å²) in [4.78, 5) is 24.6. The van der Waals surface area contributed by atoms with Crippen molar-refractivity contribution in [1.29, 1.82) is 0 Å². The minimum absolute atomic E-state index is 0.0730. The summed E-state index contributed by atoms with van der Waals surface area (Å²) in [6.45, 7) is 15.0. The van der Waals surface area contributed by atoms with E-state index in [9.17, 15) is 9.59 Å². The highest BCUT2D eigenvalue weighted by atomic mass is 16.5. The zero-order valence-electron chi connectivity index (χ0n) is 17.7. The van der Waals surface area contributed by atoms with Crippen LogP contribution in [0.1, 0.15) is 74.1 Å². The van der Waals surface area contributed by atoms with E-state index in [0.29, 0.717) is 36.7 Å². The van der Waals surface area contributed by atoms with Crippen molar-refractivity contribution in [2.24, 2.45) is 40.9 Å². The van der Waals surface area contributed by atoms with Gasteiger partial charge in [0.05, 0.1) is 18.6 Å². The van der Waals surface area contributed by atoms with Crippen LogP contribution < -0.4 is 0 Å². The largest absolute Gasteiger partial charge is 0.465 e. The SMILES string of the molecule is CC1CCC(C(C)C)C(CC(=O)OCC2C(C(=O)OC(C)C)C2(C)C)C1. The van der Waals surface area contributed by atoms with E-state index in [1.165, 1.54) is 12.8 Å². The van der Waals surface area contributed by atoms with Gasteiger partial charge in [-0.25, -0.2) is 0 Å². The third-order valence-electron chi connectivity index (χ3n) is 6.67. The van der Waals surface area contributed by atoms with E-state index < -0.39 is 0 Å². The Bertz CT molecular complexity index is 508. The van der Waals surface area contributed by atoms with Crippen LogP contribution in [0, 0.1) is 40.9 Å². The summed E-state index contributed by atoms with van der Waals surface area (Å²) < 4.78 is 10.9. The van der Waals surface area contributed by atoms with Crippen LogP contribution in [0.4, 0.5) is 0 Å². The average Bonchev–Trinajstić information content (AvgIpc) is 3.05. The van der Waals surface area contributed by atoms with Gasteiger partial charge in [-0.05, 0) is 55.8 Å². The molecule has 0 spiro atoms. The van der Waals surface area contributed by atoms with Gasteiger partial charge in [-0.1, -0.05) is 41.0 Å². The van der Waals surface area contributed by atoms with Crippen molar-refractivity contribution in [3.05, 3.63) is 0 Å². The molecule has 0 aromatic heterocycles. The molecule has 2 aliphatic carbocycles. The van der Waals surface area contributed by atoms with Gasteiger partial charge in [-0.2, -0.15) is 0 Å². The predicted molar refractivity (Wildman–Crippen MR) is 102 cm³/mol. The molecule has 0 aromatic rings. The summed E-state index contributed by atoms with van der Waals surface area (Å²) in [5.74, 6) is 2.00. The highest BCUT2D eigenvalue weighted by molar-refractivity contribution is 5.78. The summed E-state index contributed by atoms with van der Waals surface area (Å²) >= 11 is 0. The molecule has 0 radical (unpaired) electrons. The fraction of sp³-hybridized carbons (Fsp3) is 0.909. The Hall–Kier alpha value is -1.06. The lowest BCUT2D eigenvalue weighted by molar-refractivity contribution is -0.152. The van der Waals surface area contributed by atoms with E-state index in [1.807, 2.05) is 13.8 Å². The number of hydrogen-bond donors (Lipinski definition) is 0. The molecule has 0 heterocycles. The maximum absolute atomic E-state index is 12.4. The molecule has 0 N–H and O–H groups in total. The molecular weight excluding hydrogens is 328 g/mol. The van der Waals surface area contributed by atoms with Gasteiger partial charge < -0.3 is 9.47 Å². The highest BCUT2D eigenvalue weighted by Crippen LogP contribution is 2.59. The highest BCUT2D eigenvalue weighted by Gasteiger charge is 2.63. The van der Waals surface area contributed by atoms with E-state index in [1.54, 1.807) is 0 Å². The van der Waals surface area contributed by atoms with E-state index >= 15 is 0 Å². The number of esters is 2. The fourth-order valence-electron chi connectivity index (χ4n) is 4.92.